The standard InChI is InChI=1S/C15H18FNO2/c16-12-6-3-5-11(15(18)19)14(12)17-9-8-10-4-1-2-7-13(10)17/h3,5-6,10,13H,1-2,4,7-9H2,(H,18,19). The first-order chi connectivity index (χ1) is 9.18. The number of carboxylic acids is 1. The number of hydrogen-bond acceptors (Lipinski definition) is 2. The van der Waals surface area contributed by atoms with E-state index in [-0.39, 0.29) is 5.56 Å². The zero-order valence-electron chi connectivity index (χ0n) is 10.8. The molecule has 19 heavy (non-hydrogen) atoms. The van der Waals surface area contributed by atoms with Crippen LogP contribution in [0.25, 0.3) is 0 Å². The summed E-state index contributed by atoms with van der Waals surface area (Å²) in [5, 5.41) is 9.25. The number of carboxylic acid groups (broad SMARTS) is 1. The summed E-state index contributed by atoms with van der Waals surface area (Å²) in [6, 6.07) is 4.65. The number of halogens is 1. The molecule has 3 rings (SSSR count). The van der Waals surface area contributed by atoms with E-state index in [0.717, 1.165) is 25.8 Å². The Morgan fingerprint density at radius 3 is 2.84 bits per heavy atom. The molecule has 1 aliphatic heterocycles. The Morgan fingerprint density at radius 1 is 1.26 bits per heavy atom. The number of aromatic carboxylic acids is 1. The van der Waals surface area contributed by atoms with Gasteiger partial charge in [0.15, 0.2) is 0 Å². The average Bonchev–Trinajstić information content (AvgIpc) is 2.82. The molecule has 0 aromatic heterocycles. The molecule has 0 spiro atoms. The molecule has 4 heteroatoms. The predicted octanol–water partition coefficient (Wildman–Crippen LogP) is 3.29. The molecule has 1 aliphatic carbocycles. The fourth-order valence-electron chi connectivity index (χ4n) is 3.66. The van der Waals surface area contributed by atoms with E-state index >= 15 is 0 Å². The van der Waals surface area contributed by atoms with E-state index in [9.17, 15) is 14.3 Å². The van der Waals surface area contributed by atoms with Crippen LogP contribution in [-0.2, 0) is 0 Å². The SMILES string of the molecule is O=C(O)c1cccc(F)c1N1CCC2CCCCC21. The van der Waals surface area contributed by atoms with Crippen molar-refractivity contribution < 1.29 is 14.3 Å². The molecule has 2 aliphatic rings. The molecule has 1 aromatic rings. The maximum atomic E-state index is 14.1. The van der Waals surface area contributed by atoms with Gasteiger partial charge in [-0.05, 0) is 37.3 Å². The van der Waals surface area contributed by atoms with E-state index in [4.69, 9.17) is 0 Å². The van der Waals surface area contributed by atoms with Crippen molar-refractivity contribution in [2.24, 2.45) is 5.92 Å². The van der Waals surface area contributed by atoms with E-state index in [0.29, 0.717) is 17.6 Å². The number of para-hydroxylation sites is 1. The highest BCUT2D eigenvalue weighted by molar-refractivity contribution is 5.94. The lowest BCUT2D eigenvalue weighted by Gasteiger charge is -2.34. The third kappa shape index (κ3) is 2.09. The van der Waals surface area contributed by atoms with E-state index in [1.165, 1.54) is 31.0 Å². The van der Waals surface area contributed by atoms with Crippen LogP contribution in [0, 0.1) is 11.7 Å². The molecule has 102 valence electrons. The lowest BCUT2D eigenvalue weighted by atomic mass is 9.85. The van der Waals surface area contributed by atoms with E-state index in [2.05, 4.69) is 0 Å². The number of nitrogens with zero attached hydrogens (tertiary/aromatic N) is 1. The van der Waals surface area contributed by atoms with Gasteiger partial charge < -0.3 is 10.0 Å². The summed E-state index contributed by atoms with van der Waals surface area (Å²) in [6.07, 6.45) is 5.71. The number of hydrogen-bond donors (Lipinski definition) is 1. The summed E-state index contributed by atoms with van der Waals surface area (Å²) in [5.74, 6) is -0.852. The molecule has 2 unspecified atom stereocenters. The van der Waals surface area contributed by atoms with Gasteiger partial charge in [-0.25, -0.2) is 9.18 Å². The zero-order chi connectivity index (χ0) is 13.4. The van der Waals surface area contributed by atoms with Gasteiger partial charge in [0.05, 0.1) is 11.3 Å². The summed E-state index contributed by atoms with van der Waals surface area (Å²) >= 11 is 0. The minimum Gasteiger partial charge on any atom is -0.478 e. The normalized spacial score (nSPS) is 26.3. The van der Waals surface area contributed by atoms with Crippen molar-refractivity contribution in [3.8, 4) is 0 Å². The number of carbonyl (C=O) groups is 1. The first kappa shape index (κ1) is 12.5. The molecule has 0 bridgehead atoms. The van der Waals surface area contributed by atoms with Crippen molar-refractivity contribution in [3.63, 3.8) is 0 Å². The van der Waals surface area contributed by atoms with Gasteiger partial charge in [-0.3, -0.25) is 0 Å². The number of fused-ring (bicyclic) bond motifs is 1. The minimum absolute atomic E-state index is 0.0891. The van der Waals surface area contributed by atoms with Crippen LogP contribution in [0.5, 0.6) is 0 Å². The van der Waals surface area contributed by atoms with Crippen LogP contribution >= 0.6 is 0 Å². The van der Waals surface area contributed by atoms with Crippen molar-refractivity contribution in [2.45, 2.75) is 38.1 Å². The second-order valence-electron chi connectivity index (χ2n) is 5.54. The summed E-state index contributed by atoms with van der Waals surface area (Å²) < 4.78 is 14.1. The van der Waals surface area contributed by atoms with Crippen molar-refractivity contribution in [2.75, 3.05) is 11.4 Å². The van der Waals surface area contributed by atoms with Gasteiger partial charge in [0.2, 0.25) is 0 Å². The van der Waals surface area contributed by atoms with Gasteiger partial charge in [-0.15, -0.1) is 0 Å². The molecule has 1 saturated carbocycles. The first-order valence-electron chi connectivity index (χ1n) is 6.97. The van der Waals surface area contributed by atoms with Crippen LogP contribution < -0.4 is 4.90 Å². The third-order valence-electron chi connectivity index (χ3n) is 4.51. The lowest BCUT2D eigenvalue weighted by Crippen LogP contribution is -2.36. The minimum atomic E-state index is -1.05. The molecule has 1 N–H and O–H groups in total. The number of anilines is 1. The molecule has 0 amide bonds. The topological polar surface area (TPSA) is 40.5 Å². The van der Waals surface area contributed by atoms with Crippen LogP contribution in [0.3, 0.4) is 0 Å². The van der Waals surface area contributed by atoms with Gasteiger partial charge in [0, 0.05) is 12.6 Å². The lowest BCUT2D eigenvalue weighted by molar-refractivity contribution is 0.0697. The fourth-order valence-corrected chi connectivity index (χ4v) is 3.66. The fraction of sp³-hybridized carbons (Fsp3) is 0.533. The Bertz CT molecular complexity index is 503. The second kappa shape index (κ2) is 4.83. The molecule has 0 radical (unpaired) electrons. The highest BCUT2D eigenvalue weighted by Crippen LogP contribution is 2.40. The Kier molecular flexibility index (Phi) is 3.17. The molecule has 1 aromatic carbocycles. The van der Waals surface area contributed by atoms with Crippen molar-refractivity contribution in [1.29, 1.82) is 0 Å². The van der Waals surface area contributed by atoms with Crippen molar-refractivity contribution in [3.05, 3.63) is 29.6 Å². The maximum absolute atomic E-state index is 14.1. The maximum Gasteiger partial charge on any atom is 0.337 e. The van der Waals surface area contributed by atoms with Crippen LogP contribution in [0.2, 0.25) is 0 Å². The highest BCUT2D eigenvalue weighted by atomic mass is 19.1. The third-order valence-corrected chi connectivity index (χ3v) is 4.51. The molecule has 3 nitrogen and oxygen atoms in total. The summed E-state index contributed by atoms with van der Waals surface area (Å²) in [7, 11) is 0. The van der Waals surface area contributed by atoms with Gasteiger partial charge >= 0.3 is 5.97 Å². The van der Waals surface area contributed by atoms with E-state index in [1.807, 2.05) is 4.90 Å². The number of benzene rings is 1. The molecular formula is C15H18FNO2. The smallest absolute Gasteiger partial charge is 0.337 e. The summed E-state index contributed by atoms with van der Waals surface area (Å²) in [5.41, 5.74) is 0.385. The Balaban J connectivity index is 2.00. The van der Waals surface area contributed by atoms with E-state index in [1.54, 1.807) is 0 Å². The Morgan fingerprint density at radius 2 is 2.05 bits per heavy atom. The predicted molar refractivity (Wildman–Crippen MR) is 71.1 cm³/mol. The summed E-state index contributed by atoms with van der Waals surface area (Å²) in [4.78, 5) is 13.3. The van der Waals surface area contributed by atoms with Gasteiger partial charge in [0.1, 0.15) is 5.82 Å². The monoisotopic (exact) mass is 263 g/mol. The molecule has 2 atom stereocenters. The molecule has 2 fully saturated rings. The molecule has 1 heterocycles. The molecular weight excluding hydrogens is 245 g/mol. The van der Waals surface area contributed by atoms with Crippen LogP contribution in [0.15, 0.2) is 18.2 Å². The van der Waals surface area contributed by atoms with Crippen LogP contribution in [-0.4, -0.2) is 23.7 Å². The summed E-state index contributed by atoms with van der Waals surface area (Å²) in [6.45, 7) is 0.774. The van der Waals surface area contributed by atoms with Crippen LogP contribution in [0.1, 0.15) is 42.5 Å². The molecule has 1 saturated heterocycles. The zero-order valence-corrected chi connectivity index (χ0v) is 10.8. The second-order valence-corrected chi connectivity index (χ2v) is 5.54. The first-order valence-corrected chi connectivity index (χ1v) is 6.97. The number of rotatable bonds is 2. The largest absolute Gasteiger partial charge is 0.478 e. The van der Waals surface area contributed by atoms with Gasteiger partial charge in [0.25, 0.3) is 0 Å². The van der Waals surface area contributed by atoms with Gasteiger partial charge in [-0.2, -0.15) is 0 Å². The van der Waals surface area contributed by atoms with Crippen molar-refractivity contribution in [1.82, 2.24) is 0 Å². The average molecular weight is 263 g/mol. The van der Waals surface area contributed by atoms with E-state index < -0.39 is 11.8 Å². The Hall–Kier alpha value is -1.58. The highest BCUT2D eigenvalue weighted by Gasteiger charge is 2.38. The van der Waals surface area contributed by atoms with Crippen molar-refractivity contribution >= 4 is 11.7 Å². The van der Waals surface area contributed by atoms with Crippen LogP contribution in [0.4, 0.5) is 10.1 Å². The quantitative estimate of drug-likeness (QED) is 0.890. The Labute approximate surface area is 112 Å². The van der Waals surface area contributed by atoms with Gasteiger partial charge in [-0.1, -0.05) is 18.9 Å².